The van der Waals surface area contributed by atoms with Gasteiger partial charge in [-0.25, -0.2) is 17.5 Å². The number of hydrogen-bond acceptors (Lipinski definition) is 4. The second kappa shape index (κ2) is 6.29. The minimum Gasteiger partial charge on any atom is -0.396 e. The second-order valence-corrected chi connectivity index (χ2v) is 7.15. The number of nitrogens with two attached hydrogens (primary N) is 1. The minimum atomic E-state index is -3.70. The van der Waals surface area contributed by atoms with Gasteiger partial charge < -0.3 is 10.5 Å². The third-order valence-electron chi connectivity index (χ3n) is 3.87. The van der Waals surface area contributed by atoms with E-state index in [1.807, 2.05) is 0 Å². The Labute approximate surface area is 124 Å². The summed E-state index contributed by atoms with van der Waals surface area (Å²) in [5.41, 5.74) is 6.10. The fraction of sp³-hybridized carbons (Fsp3) is 0.571. The highest BCUT2D eigenvalue weighted by Crippen LogP contribution is 2.27. The normalized spacial score (nSPS) is 17.1. The van der Waals surface area contributed by atoms with Gasteiger partial charge in [-0.3, -0.25) is 0 Å². The van der Waals surface area contributed by atoms with Crippen molar-refractivity contribution in [1.82, 2.24) is 4.72 Å². The van der Waals surface area contributed by atoms with Crippen molar-refractivity contribution in [3.8, 4) is 0 Å². The van der Waals surface area contributed by atoms with Crippen LogP contribution in [0.4, 0.5) is 10.1 Å². The summed E-state index contributed by atoms with van der Waals surface area (Å²) in [6, 6.07) is 1.16. The van der Waals surface area contributed by atoms with Crippen LogP contribution in [0.3, 0.4) is 0 Å². The van der Waals surface area contributed by atoms with Crippen molar-refractivity contribution in [2.75, 3.05) is 25.5 Å². The Morgan fingerprint density at radius 3 is 2.62 bits per heavy atom. The fourth-order valence-electron chi connectivity index (χ4n) is 2.59. The summed E-state index contributed by atoms with van der Waals surface area (Å²) in [7, 11) is -3.70. The summed E-state index contributed by atoms with van der Waals surface area (Å²) >= 11 is 0. The van der Waals surface area contributed by atoms with Gasteiger partial charge in [-0.2, -0.15) is 0 Å². The van der Waals surface area contributed by atoms with Crippen molar-refractivity contribution >= 4 is 15.7 Å². The quantitative estimate of drug-likeness (QED) is 0.829. The first-order chi connectivity index (χ1) is 9.83. The maximum Gasteiger partial charge on any atom is 0.241 e. The molecule has 3 N–H and O–H groups in total. The van der Waals surface area contributed by atoms with Crippen molar-refractivity contribution in [2.24, 2.45) is 5.92 Å². The van der Waals surface area contributed by atoms with Crippen LogP contribution >= 0.6 is 0 Å². The first-order valence-corrected chi connectivity index (χ1v) is 8.44. The molecule has 0 aromatic heterocycles. The SMILES string of the molecule is Cc1cc(F)c(N)c(C)c1S(=O)(=O)NCC1CCOCC1. The van der Waals surface area contributed by atoms with Crippen LogP contribution in [-0.4, -0.2) is 28.2 Å². The predicted molar refractivity (Wildman–Crippen MR) is 79.0 cm³/mol. The van der Waals surface area contributed by atoms with Gasteiger partial charge in [0.1, 0.15) is 5.82 Å². The molecule has 1 aliphatic rings. The summed E-state index contributed by atoms with van der Waals surface area (Å²) in [4.78, 5) is 0.0773. The maximum atomic E-state index is 13.5. The molecule has 1 heterocycles. The smallest absolute Gasteiger partial charge is 0.241 e. The third-order valence-corrected chi connectivity index (χ3v) is 5.59. The summed E-state index contributed by atoms with van der Waals surface area (Å²) < 4.78 is 46.3. The Kier molecular flexibility index (Phi) is 4.85. The molecule has 118 valence electrons. The Morgan fingerprint density at radius 2 is 2.00 bits per heavy atom. The molecule has 1 saturated heterocycles. The van der Waals surface area contributed by atoms with E-state index in [2.05, 4.69) is 4.72 Å². The van der Waals surface area contributed by atoms with Crippen molar-refractivity contribution in [3.63, 3.8) is 0 Å². The van der Waals surface area contributed by atoms with E-state index < -0.39 is 15.8 Å². The van der Waals surface area contributed by atoms with Crippen LogP contribution in [0.1, 0.15) is 24.0 Å². The van der Waals surface area contributed by atoms with E-state index >= 15 is 0 Å². The number of sulfonamides is 1. The molecular formula is C14H21FN2O3S. The number of nitrogen functional groups attached to an aromatic ring is 1. The van der Waals surface area contributed by atoms with E-state index in [4.69, 9.17) is 10.5 Å². The van der Waals surface area contributed by atoms with E-state index in [-0.39, 0.29) is 22.1 Å². The molecule has 1 aliphatic heterocycles. The molecule has 0 bridgehead atoms. The molecule has 1 aromatic carbocycles. The minimum absolute atomic E-state index is 0.0773. The molecular weight excluding hydrogens is 295 g/mol. The summed E-state index contributed by atoms with van der Waals surface area (Å²) in [6.45, 7) is 4.77. The highest BCUT2D eigenvalue weighted by atomic mass is 32.2. The van der Waals surface area contributed by atoms with Gasteiger partial charge in [0.25, 0.3) is 0 Å². The van der Waals surface area contributed by atoms with Crippen LogP contribution in [-0.2, 0) is 14.8 Å². The lowest BCUT2D eigenvalue weighted by molar-refractivity contribution is 0.0678. The number of ether oxygens (including phenoxy) is 1. The van der Waals surface area contributed by atoms with Crippen molar-refractivity contribution in [2.45, 2.75) is 31.6 Å². The molecule has 1 aromatic rings. The number of rotatable bonds is 4. The molecule has 0 unspecified atom stereocenters. The van der Waals surface area contributed by atoms with Crippen LogP contribution in [0.15, 0.2) is 11.0 Å². The van der Waals surface area contributed by atoms with Crippen molar-refractivity contribution in [3.05, 3.63) is 23.0 Å². The van der Waals surface area contributed by atoms with E-state index in [9.17, 15) is 12.8 Å². The standard InChI is InChI=1S/C14H21FN2O3S/c1-9-7-12(15)13(16)10(2)14(9)21(18,19)17-8-11-3-5-20-6-4-11/h7,11,17H,3-6,8,16H2,1-2H3. The lowest BCUT2D eigenvalue weighted by Crippen LogP contribution is -2.33. The van der Waals surface area contributed by atoms with Crippen molar-refractivity contribution in [1.29, 1.82) is 0 Å². The molecule has 0 atom stereocenters. The zero-order chi connectivity index (χ0) is 15.6. The largest absolute Gasteiger partial charge is 0.396 e. The maximum absolute atomic E-state index is 13.5. The van der Waals surface area contributed by atoms with Crippen LogP contribution in [0.5, 0.6) is 0 Å². The van der Waals surface area contributed by atoms with Crippen LogP contribution in [0.2, 0.25) is 0 Å². The first-order valence-electron chi connectivity index (χ1n) is 6.95. The lowest BCUT2D eigenvalue weighted by Gasteiger charge is -2.22. The van der Waals surface area contributed by atoms with E-state index in [1.54, 1.807) is 6.92 Å². The topological polar surface area (TPSA) is 81.4 Å². The monoisotopic (exact) mass is 316 g/mol. The van der Waals surface area contributed by atoms with Gasteiger partial charge in [-0.1, -0.05) is 0 Å². The average molecular weight is 316 g/mol. The Hall–Kier alpha value is -1.18. The zero-order valence-corrected chi connectivity index (χ0v) is 13.1. The van der Waals surface area contributed by atoms with E-state index in [1.165, 1.54) is 6.92 Å². The molecule has 0 aliphatic carbocycles. The lowest BCUT2D eigenvalue weighted by atomic mass is 10.0. The molecule has 0 saturated carbocycles. The van der Waals surface area contributed by atoms with Gasteiger partial charge in [-0.15, -0.1) is 0 Å². The molecule has 0 amide bonds. The number of benzene rings is 1. The number of halogens is 1. The van der Waals surface area contributed by atoms with E-state index in [0.29, 0.717) is 25.3 Å². The second-order valence-electron chi connectivity index (χ2n) is 5.45. The Morgan fingerprint density at radius 1 is 1.38 bits per heavy atom. The predicted octanol–water partition coefficient (Wildman–Crippen LogP) is 1.73. The number of hydrogen-bond donors (Lipinski definition) is 2. The molecule has 5 nitrogen and oxygen atoms in total. The summed E-state index contributed by atoms with van der Waals surface area (Å²) in [6.07, 6.45) is 1.68. The van der Waals surface area contributed by atoms with Gasteiger partial charge in [0.2, 0.25) is 10.0 Å². The highest BCUT2D eigenvalue weighted by molar-refractivity contribution is 7.89. The molecule has 0 radical (unpaired) electrons. The van der Waals surface area contributed by atoms with Gasteiger partial charge in [0.15, 0.2) is 0 Å². The van der Waals surface area contributed by atoms with Gasteiger partial charge in [0, 0.05) is 19.8 Å². The highest BCUT2D eigenvalue weighted by Gasteiger charge is 2.24. The number of nitrogens with one attached hydrogen (secondary N) is 1. The number of anilines is 1. The van der Waals surface area contributed by atoms with Crippen LogP contribution in [0.25, 0.3) is 0 Å². The number of aryl methyl sites for hydroxylation is 1. The summed E-state index contributed by atoms with van der Waals surface area (Å²) in [5, 5.41) is 0. The molecule has 7 heteroatoms. The Bertz CT molecular complexity index is 626. The van der Waals surface area contributed by atoms with Crippen LogP contribution < -0.4 is 10.5 Å². The van der Waals surface area contributed by atoms with Gasteiger partial charge >= 0.3 is 0 Å². The van der Waals surface area contributed by atoms with Crippen molar-refractivity contribution < 1.29 is 17.5 Å². The summed E-state index contributed by atoms with van der Waals surface area (Å²) in [5.74, 6) is -0.319. The molecule has 1 fully saturated rings. The van der Waals surface area contributed by atoms with Gasteiger partial charge in [-0.05, 0) is 49.8 Å². The zero-order valence-electron chi connectivity index (χ0n) is 12.3. The Balaban J connectivity index is 2.21. The molecule has 21 heavy (non-hydrogen) atoms. The fourth-order valence-corrected chi connectivity index (χ4v) is 4.19. The molecule has 2 rings (SSSR count). The molecule has 0 spiro atoms. The van der Waals surface area contributed by atoms with Gasteiger partial charge in [0.05, 0.1) is 10.6 Å². The first kappa shape index (κ1) is 16.2. The van der Waals surface area contributed by atoms with Crippen LogP contribution in [0, 0.1) is 25.6 Å². The van der Waals surface area contributed by atoms with E-state index in [0.717, 1.165) is 18.9 Å². The third kappa shape index (κ3) is 3.53. The average Bonchev–Trinajstić information content (AvgIpc) is 2.44.